The van der Waals surface area contributed by atoms with Crippen molar-refractivity contribution in [3.63, 3.8) is 0 Å². The first-order valence-electron chi connectivity index (χ1n) is 5.51. The molecule has 0 unspecified atom stereocenters. The smallest absolute Gasteiger partial charge is 0.254 e. The average molecular weight is 278 g/mol. The molecule has 0 fully saturated rings. The molecule has 0 aliphatic heterocycles. The molecule has 1 amide bonds. The Morgan fingerprint density at radius 1 is 1.42 bits per heavy atom. The zero-order valence-corrected chi connectivity index (χ0v) is 10.9. The first kappa shape index (κ1) is 13.2. The quantitative estimate of drug-likeness (QED) is 0.845. The molecule has 2 aromatic rings. The van der Waals surface area contributed by atoms with Crippen LogP contribution in [0.2, 0.25) is 5.02 Å². The number of hydrogen-bond acceptors (Lipinski definition) is 4. The fourth-order valence-electron chi connectivity index (χ4n) is 1.49. The Balaban J connectivity index is 2.33. The van der Waals surface area contributed by atoms with Crippen molar-refractivity contribution in [1.82, 2.24) is 10.3 Å². The summed E-state index contributed by atoms with van der Waals surface area (Å²) in [7, 11) is 1.52. The number of nitrogens with zero attached hydrogens (tertiary/aromatic N) is 1. The molecule has 0 aliphatic rings. The number of halogens is 1. The highest BCUT2D eigenvalue weighted by Crippen LogP contribution is 2.31. The zero-order valence-electron chi connectivity index (χ0n) is 10.2. The molecule has 19 heavy (non-hydrogen) atoms. The second-order valence-corrected chi connectivity index (χ2v) is 4.13. The van der Waals surface area contributed by atoms with E-state index in [0.717, 1.165) is 0 Å². The van der Waals surface area contributed by atoms with Crippen molar-refractivity contribution in [3.05, 3.63) is 47.2 Å². The van der Waals surface area contributed by atoms with Gasteiger partial charge in [-0.2, -0.15) is 0 Å². The van der Waals surface area contributed by atoms with Gasteiger partial charge in [0.2, 0.25) is 0 Å². The van der Waals surface area contributed by atoms with Crippen LogP contribution in [-0.4, -0.2) is 17.9 Å². The molecule has 3 N–H and O–H groups in total. The third kappa shape index (κ3) is 2.95. The van der Waals surface area contributed by atoms with E-state index < -0.39 is 0 Å². The lowest BCUT2D eigenvalue weighted by Crippen LogP contribution is -2.18. The SMILES string of the molecule is CNC(=O)c1cncc(Oc2cccc(N)c2)c1Cl. The maximum Gasteiger partial charge on any atom is 0.254 e. The molecule has 0 atom stereocenters. The summed E-state index contributed by atoms with van der Waals surface area (Å²) < 4.78 is 5.57. The fraction of sp³-hybridized carbons (Fsp3) is 0.0769. The minimum Gasteiger partial charge on any atom is -0.454 e. The number of amides is 1. The number of pyridine rings is 1. The van der Waals surface area contributed by atoms with Crippen LogP contribution in [-0.2, 0) is 0 Å². The number of ether oxygens (including phenoxy) is 1. The van der Waals surface area contributed by atoms with E-state index >= 15 is 0 Å². The van der Waals surface area contributed by atoms with Crippen LogP contribution in [0.25, 0.3) is 0 Å². The van der Waals surface area contributed by atoms with Gasteiger partial charge in [-0.1, -0.05) is 17.7 Å². The Bertz CT molecular complexity index is 617. The Morgan fingerprint density at radius 2 is 2.21 bits per heavy atom. The molecule has 6 heteroatoms. The van der Waals surface area contributed by atoms with Gasteiger partial charge in [0, 0.05) is 25.0 Å². The monoisotopic (exact) mass is 277 g/mol. The molecule has 5 nitrogen and oxygen atoms in total. The average Bonchev–Trinajstić information content (AvgIpc) is 2.40. The summed E-state index contributed by atoms with van der Waals surface area (Å²) in [4.78, 5) is 15.5. The van der Waals surface area contributed by atoms with Crippen LogP contribution < -0.4 is 15.8 Å². The Hall–Kier alpha value is -2.27. The lowest BCUT2D eigenvalue weighted by molar-refractivity contribution is 0.0962. The number of nitrogens with two attached hydrogens (primary N) is 1. The number of benzene rings is 1. The number of anilines is 1. The lowest BCUT2D eigenvalue weighted by atomic mass is 10.2. The van der Waals surface area contributed by atoms with E-state index in [1.807, 2.05) is 0 Å². The number of rotatable bonds is 3. The first-order chi connectivity index (χ1) is 9.11. The van der Waals surface area contributed by atoms with Crippen molar-refractivity contribution >= 4 is 23.2 Å². The lowest BCUT2D eigenvalue weighted by Gasteiger charge is -2.10. The van der Waals surface area contributed by atoms with Crippen molar-refractivity contribution in [3.8, 4) is 11.5 Å². The maximum absolute atomic E-state index is 11.6. The van der Waals surface area contributed by atoms with Crippen LogP contribution in [0.1, 0.15) is 10.4 Å². The molecule has 98 valence electrons. The van der Waals surface area contributed by atoms with E-state index in [1.165, 1.54) is 19.4 Å². The van der Waals surface area contributed by atoms with Gasteiger partial charge in [-0.15, -0.1) is 0 Å². The molecule has 0 bridgehead atoms. The van der Waals surface area contributed by atoms with E-state index in [1.54, 1.807) is 24.3 Å². The molecule has 1 aromatic carbocycles. The van der Waals surface area contributed by atoms with Crippen LogP contribution in [0.15, 0.2) is 36.7 Å². The van der Waals surface area contributed by atoms with Crippen LogP contribution in [0.4, 0.5) is 5.69 Å². The van der Waals surface area contributed by atoms with Gasteiger partial charge in [0.05, 0.1) is 16.8 Å². The molecule has 1 heterocycles. The third-order valence-electron chi connectivity index (χ3n) is 2.41. The van der Waals surface area contributed by atoms with E-state index in [4.69, 9.17) is 22.1 Å². The van der Waals surface area contributed by atoms with Gasteiger partial charge >= 0.3 is 0 Å². The molecule has 0 aliphatic carbocycles. The molecule has 2 rings (SSSR count). The van der Waals surface area contributed by atoms with Crippen LogP contribution in [0.3, 0.4) is 0 Å². The van der Waals surface area contributed by atoms with Crippen LogP contribution >= 0.6 is 11.6 Å². The Morgan fingerprint density at radius 3 is 2.89 bits per heavy atom. The Kier molecular flexibility index (Phi) is 3.87. The predicted molar refractivity (Wildman–Crippen MR) is 73.6 cm³/mol. The summed E-state index contributed by atoms with van der Waals surface area (Å²) in [6.45, 7) is 0. The highest BCUT2D eigenvalue weighted by atomic mass is 35.5. The number of aromatic nitrogens is 1. The standard InChI is InChI=1S/C13H12ClN3O2/c1-16-13(18)10-6-17-7-11(12(10)14)19-9-4-2-3-8(15)5-9/h2-7H,15H2,1H3,(H,16,18). The van der Waals surface area contributed by atoms with Crippen molar-refractivity contribution in [2.75, 3.05) is 12.8 Å². The van der Waals surface area contributed by atoms with Crippen LogP contribution in [0, 0.1) is 0 Å². The van der Waals surface area contributed by atoms with E-state index in [-0.39, 0.29) is 16.5 Å². The van der Waals surface area contributed by atoms with Crippen LogP contribution in [0.5, 0.6) is 11.5 Å². The van der Waals surface area contributed by atoms with Crippen molar-refractivity contribution in [2.24, 2.45) is 0 Å². The summed E-state index contributed by atoms with van der Waals surface area (Å²) in [5.74, 6) is 0.502. The van der Waals surface area contributed by atoms with Crippen molar-refractivity contribution in [2.45, 2.75) is 0 Å². The van der Waals surface area contributed by atoms with E-state index in [9.17, 15) is 4.79 Å². The van der Waals surface area contributed by atoms with Gasteiger partial charge in [0.1, 0.15) is 5.75 Å². The largest absolute Gasteiger partial charge is 0.454 e. The fourth-order valence-corrected chi connectivity index (χ4v) is 1.72. The summed E-state index contributed by atoms with van der Waals surface area (Å²) in [6, 6.07) is 6.89. The van der Waals surface area contributed by atoms with E-state index in [0.29, 0.717) is 17.2 Å². The summed E-state index contributed by atoms with van der Waals surface area (Å²) in [5, 5.41) is 2.69. The third-order valence-corrected chi connectivity index (χ3v) is 2.80. The van der Waals surface area contributed by atoms with E-state index in [2.05, 4.69) is 10.3 Å². The number of carbonyl (C=O) groups excluding carboxylic acids is 1. The summed E-state index contributed by atoms with van der Waals surface area (Å²) in [6.07, 6.45) is 2.82. The molecular formula is C13H12ClN3O2. The van der Waals surface area contributed by atoms with Gasteiger partial charge in [0.15, 0.2) is 5.75 Å². The van der Waals surface area contributed by atoms with Gasteiger partial charge in [-0.25, -0.2) is 0 Å². The molecule has 0 saturated carbocycles. The highest BCUT2D eigenvalue weighted by molar-refractivity contribution is 6.35. The van der Waals surface area contributed by atoms with Gasteiger partial charge < -0.3 is 15.8 Å². The van der Waals surface area contributed by atoms with Gasteiger partial charge in [-0.3, -0.25) is 9.78 Å². The normalized spacial score (nSPS) is 10.0. The van der Waals surface area contributed by atoms with Crippen molar-refractivity contribution < 1.29 is 9.53 Å². The number of hydrogen-bond donors (Lipinski definition) is 2. The minimum absolute atomic E-state index is 0.205. The second kappa shape index (κ2) is 5.58. The number of carbonyl (C=O) groups is 1. The number of nitrogens with one attached hydrogen (secondary N) is 1. The minimum atomic E-state index is -0.324. The number of nitrogen functional groups attached to an aromatic ring is 1. The molecule has 0 saturated heterocycles. The van der Waals surface area contributed by atoms with Crippen molar-refractivity contribution in [1.29, 1.82) is 0 Å². The zero-order chi connectivity index (χ0) is 13.8. The first-order valence-corrected chi connectivity index (χ1v) is 5.88. The molecular weight excluding hydrogens is 266 g/mol. The second-order valence-electron chi connectivity index (χ2n) is 3.75. The topological polar surface area (TPSA) is 77.2 Å². The van der Waals surface area contributed by atoms with Gasteiger partial charge in [0.25, 0.3) is 5.91 Å². The summed E-state index contributed by atoms with van der Waals surface area (Å²) in [5.41, 5.74) is 6.49. The molecule has 1 aromatic heterocycles. The molecule has 0 spiro atoms. The highest BCUT2D eigenvalue weighted by Gasteiger charge is 2.14. The maximum atomic E-state index is 11.6. The molecule has 0 radical (unpaired) electrons. The van der Waals surface area contributed by atoms with Gasteiger partial charge in [-0.05, 0) is 12.1 Å². The summed E-state index contributed by atoms with van der Waals surface area (Å²) >= 11 is 6.12. The Labute approximate surface area is 115 Å². The predicted octanol–water partition coefficient (Wildman–Crippen LogP) is 2.47.